The van der Waals surface area contributed by atoms with Gasteiger partial charge in [0.05, 0.1) is 94.5 Å². The van der Waals surface area contributed by atoms with Crippen LogP contribution in [0.15, 0.2) is 24.3 Å². The number of rotatable bonds is 30. The van der Waals surface area contributed by atoms with E-state index in [1.165, 1.54) is 46.6 Å². The van der Waals surface area contributed by atoms with Gasteiger partial charge in [-0.1, -0.05) is 13.8 Å². The average Bonchev–Trinajstić information content (AvgIpc) is 3.20. The summed E-state index contributed by atoms with van der Waals surface area (Å²) in [5.74, 6) is -3.40. The zero-order valence-corrected chi connectivity index (χ0v) is 33.0. The van der Waals surface area contributed by atoms with Crippen molar-refractivity contribution in [3.05, 3.63) is 46.5 Å². The van der Waals surface area contributed by atoms with Gasteiger partial charge in [-0.3, -0.25) is 0 Å². The van der Waals surface area contributed by atoms with Gasteiger partial charge in [0, 0.05) is 25.3 Å². The highest BCUT2D eigenvalue weighted by Gasteiger charge is 2.23. The third-order valence-corrected chi connectivity index (χ3v) is 7.03. The fourth-order valence-electron chi connectivity index (χ4n) is 4.37. The first-order chi connectivity index (χ1) is 27.1. The van der Waals surface area contributed by atoms with Gasteiger partial charge in [-0.15, -0.1) is 0 Å². The summed E-state index contributed by atoms with van der Waals surface area (Å²) >= 11 is 0. The number of carboxylic acids is 2. The lowest BCUT2D eigenvalue weighted by Gasteiger charge is -2.14. The monoisotopic (exact) mass is 800 g/mol. The zero-order valence-electron chi connectivity index (χ0n) is 33.0. The maximum Gasteiger partial charge on any atom is 0.341 e. The lowest BCUT2D eigenvalue weighted by Crippen LogP contribution is -2.15. The first-order valence-corrected chi connectivity index (χ1v) is 17.9. The van der Waals surface area contributed by atoms with Crippen molar-refractivity contribution in [2.45, 2.75) is 26.7 Å². The Labute approximate surface area is 327 Å². The van der Waals surface area contributed by atoms with Gasteiger partial charge in [-0.05, 0) is 25.0 Å². The van der Waals surface area contributed by atoms with Crippen LogP contribution in [0.1, 0.15) is 68.1 Å². The fraction of sp³-hybridized carbons (Fsp3) is 0.579. The number of hydrogen-bond donors (Lipinski definition) is 2. The smallest absolute Gasteiger partial charge is 0.341 e. The van der Waals surface area contributed by atoms with Gasteiger partial charge in [0.2, 0.25) is 0 Å². The molecule has 0 aliphatic rings. The van der Waals surface area contributed by atoms with Crippen LogP contribution in [0.25, 0.3) is 0 Å². The van der Waals surface area contributed by atoms with Gasteiger partial charge in [0.25, 0.3) is 0 Å². The Morgan fingerprint density at radius 3 is 1.04 bits per heavy atom. The molecule has 56 heavy (non-hydrogen) atoms. The van der Waals surface area contributed by atoms with E-state index in [2.05, 4.69) is 6.92 Å². The third-order valence-electron chi connectivity index (χ3n) is 7.03. The maximum atomic E-state index is 12.0. The van der Waals surface area contributed by atoms with E-state index in [9.17, 15) is 24.3 Å². The topological polar surface area (TPSA) is 219 Å². The van der Waals surface area contributed by atoms with Crippen LogP contribution in [-0.4, -0.2) is 155 Å². The molecule has 0 heterocycles. The molecule has 0 radical (unpaired) electrons. The van der Waals surface area contributed by atoms with Crippen molar-refractivity contribution in [3.8, 4) is 23.0 Å². The van der Waals surface area contributed by atoms with E-state index in [0.29, 0.717) is 59.5 Å². The maximum absolute atomic E-state index is 12.0. The van der Waals surface area contributed by atoms with Crippen molar-refractivity contribution in [1.82, 2.24) is 0 Å². The van der Waals surface area contributed by atoms with Crippen LogP contribution in [0.5, 0.6) is 23.0 Å². The SMILES string of the molecule is CCCOCCOCCOCCOc1cc(OC)c(C(=O)O)cc1C(=O)O.CCCOCCOCCOCCOc1cc(OC)c(C(=O)OC)cc1C(=O)OC. The summed E-state index contributed by atoms with van der Waals surface area (Å²) in [4.78, 5) is 46.4. The molecule has 2 aromatic carbocycles. The number of esters is 2. The summed E-state index contributed by atoms with van der Waals surface area (Å²) in [5.41, 5.74) is -0.328. The number of methoxy groups -OCH3 is 4. The molecule has 2 rings (SSSR count). The molecular formula is C38H56O18. The normalized spacial score (nSPS) is 10.5. The van der Waals surface area contributed by atoms with Gasteiger partial charge >= 0.3 is 23.9 Å². The number of hydrogen-bond acceptors (Lipinski definition) is 16. The fourth-order valence-corrected chi connectivity index (χ4v) is 4.37. The quantitative estimate of drug-likeness (QED) is 0.0841. The zero-order chi connectivity index (χ0) is 41.6. The minimum atomic E-state index is -1.30. The van der Waals surface area contributed by atoms with Crippen molar-refractivity contribution in [2.75, 3.05) is 121 Å². The second kappa shape index (κ2) is 30.5. The van der Waals surface area contributed by atoms with Crippen LogP contribution < -0.4 is 18.9 Å². The van der Waals surface area contributed by atoms with Gasteiger partial charge in [0.15, 0.2) is 0 Å². The van der Waals surface area contributed by atoms with Crippen LogP contribution in [0.4, 0.5) is 0 Å². The molecule has 0 fully saturated rings. The van der Waals surface area contributed by atoms with Gasteiger partial charge in [0.1, 0.15) is 58.5 Å². The highest BCUT2D eigenvalue weighted by molar-refractivity contribution is 5.99. The largest absolute Gasteiger partial charge is 0.496 e. The molecule has 0 spiro atoms. The number of benzene rings is 2. The van der Waals surface area contributed by atoms with Crippen LogP contribution in [0.3, 0.4) is 0 Å². The van der Waals surface area contributed by atoms with Crippen LogP contribution in [0, 0.1) is 0 Å². The van der Waals surface area contributed by atoms with E-state index in [1.807, 2.05) is 6.92 Å². The van der Waals surface area contributed by atoms with E-state index in [1.54, 1.807) is 0 Å². The predicted octanol–water partition coefficient (Wildman–Crippen LogP) is 4.04. The van der Waals surface area contributed by atoms with E-state index >= 15 is 0 Å². The second-order valence-electron chi connectivity index (χ2n) is 11.1. The minimum Gasteiger partial charge on any atom is -0.496 e. The van der Waals surface area contributed by atoms with E-state index in [0.717, 1.165) is 25.5 Å². The highest BCUT2D eigenvalue weighted by atomic mass is 16.6. The summed E-state index contributed by atoms with van der Waals surface area (Å²) in [6.45, 7) is 10.1. The lowest BCUT2D eigenvalue weighted by atomic mass is 10.1. The molecule has 2 aromatic rings. The van der Waals surface area contributed by atoms with Gasteiger partial charge in [-0.25, -0.2) is 19.2 Å². The molecule has 0 saturated heterocycles. The van der Waals surface area contributed by atoms with Gasteiger partial charge < -0.3 is 67.1 Å². The molecule has 0 amide bonds. The Hall–Kier alpha value is -4.72. The molecule has 0 aromatic heterocycles. The number of aromatic carboxylic acids is 2. The summed E-state index contributed by atoms with van der Waals surface area (Å²) in [6, 6.07) is 5.01. The van der Waals surface area contributed by atoms with Crippen molar-refractivity contribution in [2.24, 2.45) is 0 Å². The molecule has 0 atom stereocenters. The van der Waals surface area contributed by atoms with E-state index in [-0.39, 0.29) is 71.7 Å². The molecule has 18 nitrogen and oxygen atoms in total. The Morgan fingerprint density at radius 1 is 0.411 bits per heavy atom. The van der Waals surface area contributed by atoms with Crippen LogP contribution >= 0.6 is 0 Å². The molecule has 2 N–H and O–H groups in total. The van der Waals surface area contributed by atoms with Crippen molar-refractivity contribution in [3.63, 3.8) is 0 Å². The number of ether oxygens (including phenoxy) is 12. The minimum absolute atomic E-state index is 0.0114. The Bertz CT molecular complexity index is 1450. The standard InChI is InChI=1S/C20H30O9.C18H26O9/c1-5-6-26-7-8-27-9-10-28-11-12-29-18-14-17(23-2)15(19(21)24-3)13-16(18)20(22)25-4;1-3-4-24-5-6-25-7-8-26-9-10-27-16-12-15(23-2)13(17(19)20)11-14(16)18(21)22/h13-14H,5-12H2,1-4H3;11-12H,3-10H2,1-2H3,(H,19,20)(H,21,22). The summed E-state index contributed by atoms with van der Waals surface area (Å²) < 4.78 is 62.7. The van der Waals surface area contributed by atoms with Gasteiger partial charge in [-0.2, -0.15) is 0 Å². The summed E-state index contributed by atoms with van der Waals surface area (Å²) in [5, 5.41) is 18.4. The molecule has 18 heteroatoms. The van der Waals surface area contributed by atoms with Crippen LogP contribution in [-0.2, 0) is 37.9 Å². The molecule has 316 valence electrons. The average molecular weight is 801 g/mol. The summed E-state index contributed by atoms with van der Waals surface area (Å²) in [7, 11) is 5.18. The number of carboxylic acid groups (broad SMARTS) is 2. The highest BCUT2D eigenvalue weighted by Crippen LogP contribution is 2.31. The Kier molecular flexibility index (Phi) is 26.8. The second-order valence-corrected chi connectivity index (χ2v) is 11.1. The number of carbonyl (C=O) groups is 4. The molecule has 0 aliphatic carbocycles. The van der Waals surface area contributed by atoms with E-state index < -0.39 is 23.9 Å². The van der Waals surface area contributed by atoms with Crippen molar-refractivity contribution >= 4 is 23.9 Å². The lowest BCUT2D eigenvalue weighted by molar-refractivity contribution is 0.00933. The molecular weight excluding hydrogens is 744 g/mol. The molecule has 0 saturated carbocycles. The molecule has 0 bridgehead atoms. The Balaban J connectivity index is 0.000000561. The van der Waals surface area contributed by atoms with Crippen LogP contribution in [0.2, 0.25) is 0 Å². The predicted molar refractivity (Wildman–Crippen MR) is 199 cm³/mol. The van der Waals surface area contributed by atoms with Crippen molar-refractivity contribution in [1.29, 1.82) is 0 Å². The third kappa shape index (κ3) is 19.2. The molecule has 0 aliphatic heterocycles. The summed E-state index contributed by atoms with van der Waals surface area (Å²) in [6.07, 6.45) is 1.95. The molecule has 0 unspecified atom stereocenters. The first-order valence-electron chi connectivity index (χ1n) is 17.9. The Morgan fingerprint density at radius 2 is 0.696 bits per heavy atom. The van der Waals surface area contributed by atoms with Crippen molar-refractivity contribution < 1.29 is 86.2 Å². The first kappa shape index (κ1) is 49.3. The number of carbonyl (C=O) groups excluding carboxylic acids is 2. The van der Waals surface area contributed by atoms with E-state index in [4.69, 9.17) is 61.9 Å².